The van der Waals surface area contributed by atoms with Crippen molar-refractivity contribution in [1.29, 1.82) is 0 Å². The first-order chi connectivity index (χ1) is 9.64. The summed E-state index contributed by atoms with van der Waals surface area (Å²) >= 11 is 0. The Morgan fingerprint density at radius 2 is 2.10 bits per heavy atom. The number of nitrogens with zero attached hydrogens (tertiary/aromatic N) is 1. The topological polar surface area (TPSA) is 50.8 Å². The fraction of sp³-hybridized carbons (Fsp3) is 0.933. The first-order valence-electron chi connectivity index (χ1n) is 7.89. The first kappa shape index (κ1) is 15.7. The minimum absolute atomic E-state index is 0.103. The number of carbonyl (C=O) groups excluding carboxylic acids is 1. The molecule has 0 bridgehead atoms. The molecule has 5 heteroatoms. The van der Waals surface area contributed by atoms with Gasteiger partial charge in [0.05, 0.1) is 19.8 Å². The molecule has 20 heavy (non-hydrogen) atoms. The van der Waals surface area contributed by atoms with Gasteiger partial charge in [0.2, 0.25) is 0 Å². The highest BCUT2D eigenvalue weighted by Gasteiger charge is 2.39. The van der Waals surface area contributed by atoms with Crippen molar-refractivity contribution < 1.29 is 14.3 Å². The van der Waals surface area contributed by atoms with Gasteiger partial charge in [0.1, 0.15) is 5.54 Å². The van der Waals surface area contributed by atoms with E-state index >= 15 is 0 Å². The van der Waals surface area contributed by atoms with Crippen LogP contribution in [0.5, 0.6) is 0 Å². The third-order valence-corrected chi connectivity index (χ3v) is 4.08. The second kappa shape index (κ2) is 7.38. The molecule has 1 unspecified atom stereocenters. The van der Waals surface area contributed by atoms with E-state index in [0.29, 0.717) is 12.6 Å². The average Bonchev–Trinajstić information content (AvgIpc) is 3.24. The quantitative estimate of drug-likeness (QED) is 0.678. The highest BCUT2D eigenvalue weighted by Crippen LogP contribution is 2.26. The fourth-order valence-electron chi connectivity index (χ4n) is 2.68. The van der Waals surface area contributed by atoms with Crippen molar-refractivity contribution in [3.8, 4) is 0 Å². The van der Waals surface area contributed by atoms with Gasteiger partial charge in [-0.3, -0.25) is 15.0 Å². The molecular formula is C15H28N2O3. The smallest absolute Gasteiger partial charge is 0.326 e. The molecule has 1 N–H and O–H groups in total. The van der Waals surface area contributed by atoms with Crippen LogP contribution in [0.15, 0.2) is 0 Å². The lowest BCUT2D eigenvalue weighted by Crippen LogP contribution is -2.52. The van der Waals surface area contributed by atoms with Gasteiger partial charge >= 0.3 is 5.97 Å². The van der Waals surface area contributed by atoms with Crippen molar-refractivity contribution in [2.45, 2.75) is 51.1 Å². The fourth-order valence-corrected chi connectivity index (χ4v) is 2.68. The number of rotatable bonds is 8. The summed E-state index contributed by atoms with van der Waals surface area (Å²) in [5.74, 6) is -0.103. The summed E-state index contributed by atoms with van der Waals surface area (Å²) in [6.45, 7) is 9.00. The lowest BCUT2D eigenvalue weighted by Gasteiger charge is -2.31. The molecule has 0 spiro atoms. The standard InChI is InChI=1S/C15H28N2O3/c1-3-20-14(18)15(2,16-13-5-6-13)7-4-8-17-9-11-19-12-10-17/h13,16H,3-12H2,1-2H3. The molecule has 1 saturated carbocycles. The lowest BCUT2D eigenvalue weighted by atomic mass is 9.95. The Balaban J connectivity index is 1.78. The van der Waals surface area contributed by atoms with Crippen LogP contribution in [0.4, 0.5) is 0 Å². The van der Waals surface area contributed by atoms with Crippen LogP contribution in [-0.4, -0.2) is 61.9 Å². The summed E-state index contributed by atoms with van der Waals surface area (Å²) in [6, 6.07) is 0.507. The largest absolute Gasteiger partial charge is 0.465 e. The Hall–Kier alpha value is -0.650. The average molecular weight is 284 g/mol. The van der Waals surface area contributed by atoms with Crippen molar-refractivity contribution in [2.24, 2.45) is 0 Å². The van der Waals surface area contributed by atoms with Crippen LogP contribution in [0.2, 0.25) is 0 Å². The summed E-state index contributed by atoms with van der Waals surface area (Å²) in [6.07, 6.45) is 4.20. The van der Waals surface area contributed by atoms with Gasteiger partial charge < -0.3 is 9.47 Å². The van der Waals surface area contributed by atoms with E-state index in [2.05, 4.69) is 10.2 Å². The summed E-state index contributed by atoms with van der Waals surface area (Å²) in [7, 11) is 0. The zero-order chi connectivity index (χ0) is 14.4. The van der Waals surface area contributed by atoms with E-state index in [1.807, 2.05) is 13.8 Å². The monoisotopic (exact) mass is 284 g/mol. The van der Waals surface area contributed by atoms with Crippen molar-refractivity contribution in [2.75, 3.05) is 39.5 Å². The van der Waals surface area contributed by atoms with Gasteiger partial charge in [-0.05, 0) is 46.1 Å². The van der Waals surface area contributed by atoms with Gasteiger partial charge in [0.25, 0.3) is 0 Å². The zero-order valence-electron chi connectivity index (χ0n) is 12.8. The normalized spacial score (nSPS) is 23.3. The molecule has 0 radical (unpaired) electrons. The molecule has 1 aliphatic heterocycles. The summed E-state index contributed by atoms with van der Waals surface area (Å²) < 4.78 is 10.6. The molecule has 1 atom stereocenters. The van der Waals surface area contributed by atoms with E-state index in [0.717, 1.165) is 45.7 Å². The minimum Gasteiger partial charge on any atom is -0.465 e. The van der Waals surface area contributed by atoms with E-state index < -0.39 is 5.54 Å². The van der Waals surface area contributed by atoms with Crippen molar-refractivity contribution in [1.82, 2.24) is 10.2 Å². The number of esters is 1. The Labute approximate surface area is 122 Å². The van der Waals surface area contributed by atoms with E-state index in [1.54, 1.807) is 0 Å². The Bertz CT molecular complexity index is 314. The van der Waals surface area contributed by atoms with E-state index in [1.165, 1.54) is 12.8 Å². The molecule has 116 valence electrons. The number of carbonyl (C=O) groups is 1. The van der Waals surface area contributed by atoms with E-state index in [-0.39, 0.29) is 5.97 Å². The van der Waals surface area contributed by atoms with Crippen LogP contribution in [0.3, 0.4) is 0 Å². The predicted octanol–water partition coefficient (Wildman–Crippen LogP) is 1.17. The van der Waals surface area contributed by atoms with Crippen molar-refractivity contribution in [3.63, 3.8) is 0 Å². The third-order valence-electron chi connectivity index (χ3n) is 4.08. The molecule has 0 aromatic heterocycles. The Morgan fingerprint density at radius 3 is 2.70 bits per heavy atom. The highest BCUT2D eigenvalue weighted by atomic mass is 16.5. The molecule has 0 aromatic carbocycles. The molecule has 2 rings (SSSR count). The van der Waals surface area contributed by atoms with E-state index in [4.69, 9.17) is 9.47 Å². The number of ether oxygens (including phenoxy) is 2. The molecular weight excluding hydrogens is 256 g/mol. The maximum atomic E-state index is 12.2. The van der Waals surface area contributed by atoms with Gasteiger partial charge in [0, 0.05) is 19.1 Å². The molecule has 0 aromatic rings. The van der Waals surface area contributed by atoms with Crippen molar-refractivity contribution >= 4 is 5.97 Å². The van der Waals surface area contributed by atoms with Crippen molar-refractivity contribution in [3.05, 3.63) is 0 Å². The van der Waals surface area contributed by atoms with Crippen LogP contribution in [0, 0.1) is 0 Å². The number of morpholine rings is 1. The molecule has 2 aliphatic rings. The number of nitrogens with one attached hydrogen (secondary N) is 1. The van der Waals surface area contributed by atoms with Crippen LogP contribution >= 0.6 is 0 Å². The summed E-state index contributed by atoms with van der Waals surface area (Å²) in [5.41, 5.74) is -0.524. The second-order valence-corrected chi connectivity index (χ2v) is 6.03. The number of hydrogen-bond acceptors (Lipinski definition) is 5. The van der Waals surface area contributed by atoms with Crippen LogP contribution in [0.25, 0.3) is 0 Å². The molecule has 2 fully saturated rings. The van der Waals surface area contributed by atoms with Gasteiger partial charge in [-0.1, -0.05) is 0 Å². The minimum atomic E-state index is -0.524. The molecule has 1 saturated heterocycles. The highest BCUT2D eigenvalue weighted by molar-refractivity contribution is 5.80. The lowest BCUT2D eigenvalue weighted by molar-refractivity contribution is -0.151. The summed E-state index contributed by atoms with van der Waals surface area (Å²) in [5, 5.41) is 3.47. The molecule has 1 heterocycles. The van der Waals surface area contributed by atoms with Gasteiger partial charge in [-0.15, -0.1) is 0 Å². The Morgan fingerprint density at radius 1 is 1.40 bits per heavy atom. The van der Waals surface area contributed by atoms with Gasteiger partial charge in [-0.2, -0.15) is 0 Å². The zero-order valence-corrected chi connectivity index (χ0v) is 12.8. The predicted molar refractivity (Wildman–Crippen MR) is 77.7 cm³/mol. The number of hydrogen-bond donors (Lipinski definition) is 1. The maximum absolute atomic E-state index is 12.2. The Kier molecular flexibility index (Phi) is 5.81. The second-order valence-electron chi connectivity index (χ2n) is 6.03. The van der Waals surface area contributed by atoms with Gasteiger partial charge in [0.15, 0.2) is 0 Å². The first-order valence-corrected chi connectivity index (χ1v) is 7.89. The maximum Gasteiger partial charge on any atom is 0.326 e. The molecule has 0 amide bonds. The van der Waals surface area contributed by atoms with Crippen LogP contribution in [0.1, 0.15) is 39.5 Å². The molecule has 1 aliphatic carbocycles. The SMILES string of the molecule is CCOC(=O)C(C)(CCCN1CCOCC1)NC1CC1. The third kappa shape index (κ3) is 4.72. The van der Waals surface area contributed by atoms with Crippen LogP contribution in [-0.2, 0) is 14.3 Å². The summed E-state index contributed by atoms with van der Waals surface area (Å²) in [4.78, 5) is 14.6. The van der Waals surface area contributed by atoms with Gasteiger partial charge in [-0.25, -0.2) is 0 Å². The van der Waals surface area contributed by atoms with E-state index in [9.17, 15) is 4.79 Å². The molecule has 5 nitrogen and oxygen atoms in total. The van der Waals surface area contributed by atoms with Crippen LogP contribution < -0.4 is 5.32 Å².